The van der Waals surface area contributed by atoms with Gasteiger partial charge in [0.25, 0.3) is 0 Å². The first kappa shape index (κ1) is 8.74. The molecule has 1 aromatic carbocycles. The van der Waals surface area contributed by atoms with Crippen LogP contribution in [0.5, 0.6) is 0 Å². The standard InChI is InChI=1S/C10H10N2O2/c1-11-6-5-8-3-2-4-9(10(8)11)7-12(13)14/h2-6H,7H2,1H3. The van der Waals surface area contributed by atoms with Crippen LogP contribution in [0, 0.1) is 10.1 Å². The van der Waals surface area contributed by atoms with E-state index in [9.17, 15) is 10.1 Å². The van der Waals surface area contributed by atoms with Crippen LogP contribution in [0.25, 0.3) is 10.9 Å². The van der Waals surface area contributed by atoms with Gasteiger partial charge in [-0.05, 0) is 6.07 Å². The molecule has 0 aliphatic rings. The van der Waals surface area contributed by atoms with Crippen LogP contribution in [0.3, 0.4) is 0 Å². The highest BCUT2D eigenvalue weighted by Gasteiger charge is 2.08. The van der Waals surface area contributed by atoms with Crippen molar-refractivity contribution in [3.63, 3.8) is 0 Å². The van der Waals surface area contributed by atoms with E-state index in [2.05, 4.69) is 0 Å². The van der Waals surface area contributed by atoms with Crippen molar-refractivity contribution in [1.82, 2.24) is 4.57 Å². The number of nitrogens with zero attached hydrogens (tertiary/aromatic N) is 2. The zero-order valence-electron chi connectivity index (χ0n) is 7.80. The quantitative estimate of drug-likeness (QED) is 0.536. The molecule has 0 radical (unpaired) electrons. The smallest absolute Gasteiger partial charge is 0.230 e. The van der Waals surface area contributed by atoms with E-state index in [4.69, 9.17) is 0 Å². The highest BCUT2D eigenvalue weighted by molar-refractivity contribution is 5.83. The summed E-state index contributed by atoms with van der Waals surface area (Å²) in [6.07, 6.45) is 1.91. The number of nitro groups is 1. The molecule has 14 heavy (non-hydrogen) atoms. The molecule has 72 valence electrons. The van der Waals surface area contributed by atoms with Crippen molar-refractivity contribution >= 4 is 10.9 Å². The van der Waals surface area contributed by atoms with Gasteiger partial charge in [-0.2, -0.15) is 0 Å². The summed E-state index contributed by atoms with van der Waals surface area (Å²) in [4.78, 5) is 10.1. The maximum atomic E-state index is 10.4. The van der Waals surface area contributed by atoms with Gasteiger partial charge in [-0.3, -0.25) is 10.1 Å². The number of fused-ring (bicyclic) bond motifs is 1. The SMILES string of the molecule is Cn1ccc2cccc(C[N+](=O)[O-])c21. The van der Waals surface area contributed by atoms with E-state index in [0.717, 1.165) is 16.5 Å². The number of para-hydroxylation sites is 1. The Balaban J connectivity index is 2.63. The minimum Gasteiger partial charge on any atom is -0.350 e. The Kier molecular flexibility index (Phi) is 1.96. The van der Waals surface area contributed by atoms with Gasteiger partial charge in [0.05, 0.1) is 5.52 Å². The Labute approximate surface area is 80.9 Å². The van der Waals surface area contributed by atoms with Crippen molar-refractivity contribution < 1.29 is 4.92 Å². The van der Waals surface area contributed by atoms with Crippen LogP contribution in [0.1, 0.15) is 5.56 Å². The summed E-state index contributed by atoms with van der Waals surface area (Å²) in [5.41, 5.74) is 1.71. The van der Waals surface area contributed by atoms with Crippen molar-refractivity contribution in [2.24, 2.45) is 7.05 Å². The Morgan fingerprint density at radius 3 is 2.93 bits per heavy atom. The van der Waals surface area contributed by atoms with Gasteiger partial charge in [-0.25, -0.2) is 0 Å². The molecular weight excluding hydrogens is 180 g/mol. The highest BCUT2D eigenvalue weighted by Crippen LogP contribution is 2.19. The first-order valence-electron chi connectivity index (χ1n) is 4.33. The van der Waals surface area contributed by atoms with Crippen LogP contribution in [0.4, 0.5) is 0 Å². The van der Waals surface area contributed by atoms with Gasteiger partial charge in [0.2, 0.25) is 6.54 Å². The van der Waals surface area contributed by atoms with E-state index in [1.165, 1.54) is 0 Å². The second-order valence-corrected chi connectivity index (χ2v) is 3.27. The van der Waals surface area contributed by atoms with Crippen molar-refractivity contribution in [3.8, 4) is 0 Å². The van der Waals surface area contributed by atoms with Crippen molar-refractivity contribution in [2.45, 2.75) is 6.54 Å². The molecule has 0 bridgehead atoms. The number of hydrogen-bond donors (Lipinski definition) is 0. The van der Waals surface area contributed by atoms with Gasteiger partial charge in [0, 0.05) is 29.1 Å². The summed E-state index contributed by atoms with van der Waals surface area (Å²) in [5, 5.41) is 11.5. The number of hydrogen-bond acceptors (Lipinski definition) is 2. The summed E-state index contributed by atoms with van der Waals surface area (Å²) >= 11 is 0. The third-order valence-corrected chi connectivity index (χ3v) is 2.28. The summed E-state index contributed by atoms with van der Waals surface area (Å²) in [6, 6.07) is 7.56. The molecule has 0 saturated heterocycles. The predicted octanol–water partition coefficient (Wildman–Crippen LogP) is 1.95. The summed E-state index contributed by atoms with van der Waals surface area (Å²) in [7, 11) is 1.89. The Morgan fingerprint density at radius 2 is 2.21 bits per heavy atom. The summed E-state index contributed by atoms with van der Waals surface area (Å²) < 4.78 is 1.91. The van der Waals surface area contributed by atoms with E-state index < -0.39 is 0 Å². The van der Waals surface area contributed by atoms with Crippen LogP contribution in [0.2, 0.25) is 0 Å². The van der Waals surface area contributed by atoms with E-state index in [-0.39, 0.29) is 11.5 Å². The second-order valence-electron chi connectivity index (χ2n) is 3.27. The molecular formula is C10H10N2O2. The minimum absolute atomic E-state index is 0.116. The monoisotopic (exact) mass is 190 g/mol. The van der Waals surface area contributed by atoms with Gasteiger partial charge in [-0.15, -0.1) is 0 Å². The fourth-order valence-electron chi connectivity index (χ4n) is 1.71. The minimum atomic E-state index is -0.304. The Bertz CT molecular complexity index is 488. The maximum absolute atomic E-state index is 10.4. The number of aryl methyl sites for hydroxylation is 1. The lowest BCUT2D eigenvalue weighted by molar-refractivity contribution is -0.496. The van der Waals surface area contributed by atoms with Crippen LogP contribution in [-0.2, 0) is 13.6 Å². The molecule has 0 aliphatic carbocycles. The number of aromatic nitrogens is 1. The second kappa shape index (κ2) is 3.14. The Morgan fingerprint density at radius 1 is 1.43 bits per heavy atom. The van der Waals surface area contributed by atoms with Gasteiger partial charge < -0.3 is 4.57 Å². The lowest BCUT2D eigenvalue weighted by atomic mass is 10.1. The van der Waals surface area contributed by atoms with E-state index in [1.807, 2.05) is 36.0 Å². The van der Waals surface area contributed by atoms with Gasteiger partial charge in [-0.1, -0.05) is 18.2 Å². The fraction of sp³-hybridized carbons (Fsp3) is 0.200. The van der Waals surface area contributed by atoms with E-state index >= 15 is 0 Å². The average Bonchev–Trinajstić information content (AvgIpc) is 2.48. The Hall–Kier alpha value is -1.84. The molecule has 0 aliphatic heterocycles. The highest BCUT2D eigenvalue weighted by atomic mass is 16.6. The van der Waals surface area contributed by atoms with Crippen molar-refractivity contribution in [3.05, 3.63) is 46.1 Å². The average molecular weight is 190 g/mol. The number of benzene rings is 1. The number of rotatable bonds is 2. The lowest BCUT2D eigenvalue weighted by Gasteiger charge is -2.01. The zero-order valence-corrected chi connectivity index (χ0v) is 7.80. The molecule has 4 heteroatoms. The molecule has 4 nitrogen and oxygen atoms in total. The first-order valence-corrected chi connectivity index (χ1v) is 4.33. The van der Waals surface area contributed by atoms with Crippen LogP contribution in [-0.4, -0.2) is 9.49 Å². The zero-order chi connectivity index (χ0) is 10.1. The molecule has 0 atom stereocenters. The summed E-state index contributed by atoms with van der Waals surface area (Å²) in [5.74, 6) is 0. The van der Waals surface area contributed by atoms with Crippen LogP contribution < -0.4 is 0 Å². The molecule has 1 aromatic heterocycles. The molecule has 1 heterocycles. The molecule has 0 spiro atoms. The molecule has 0 fully saturated rings. The largest absolute Gasteiger partial charge is 0.350 e. The van der Waals surface area contributed by atoms with Crippen LogP contribution >= 0.6 is 0 Å². The lowest BCUT2D eigenvalue weighted by Crippen LogP contribution is -2.00. The van der Waals surface area contributed by atoms with Gasteiger partial charge in [0.1, 0.15) is 0 Å². The molecule has 0 amide bonds. The molecule has 0 unspecified atom stereocenters. The topological polar surface area (TPSA) is 48.1 Å². The normalized spacial score (nSPS) is 10.6. The van der Waals surface area contributed by atoms with Crippen molar-refractivity contribution in [2.75, 3.05) is 0 Å². The van der Waals surface area contributed by atoms with Crippen molar-refractivity contribution in [1.29, 1.82) is 0 Å². The fourth-order valence-corrected chi connectivity index (χ4v) is 1.71. The third-order valence-electron chi connectivity index (χ3n) is 2.28. The van der Waals surface area contributed by atoms with E-state index in [0.29, 0.717) is 0 Å². The molecule has 2 rings (SSSR count). The molecule has 0 saturated carbocycles. The van der Waals surface area contributed by atoms with Crippen LogP contribution in [0.15, 0.2) is 30.5 Å². The van der Waals surface area contributed by atoms with Gasteiger partial charge >= 0.3 is 0 Å². The van der Waals surface area contributed by atoms with E-state index in [1.54, 1.807) is 6.07 Å². The third kappa shape index (κ3) is 1.35. The predicted molar refractivity (Wildman–Crippen MR) is 53.6 cm³/mol. The molecule has 2 aromatic rings. The summed E-state index contributed by atoms with van der Waals surface area (Å²) in [6.45, 7) is -0.116. The molecule has 0 N–H and O–H groups in total. The maximum Gasteiger partial charge on any atom is 0.230 e. The van der Waals surface area contributed by atoms with Gasteiger partial charge in [0.15, 0.2) is 0 Å². The first-order chi connectivity index (χ1) is 6.68.